The minimum atomic E-state index is -3.54. The number of carbonyl (C=O) groups excluding carboxylic acids is 1. The van der Waals surface area contributed by atoms with E-state index in [-0.39, 0.29) is 22.8 Å². The molecule has 2 N–H and O–H groups in total. The van der Waals surface area contributed by atoms with E-state index in [9.17, 15) is 13.2 Å². The molecule has 3 atom stereocenters. The largest absolute Gasteiger partial charge is 0.345 e. The Morgan fingerprint density at radius 1 is 1.22 bits per heavy atom. The molecule has 0 spiro atoms. The minimum absolute atomic E-state index is 0.115. The lowest BCUT2D eigenvalue weighted by Gasteiger charge is -2.41. The molecule has 8 heteroatoms. The smallest absolute Gasteiger partial charge is 0.270 e. The maximum absolute atomic E-state index is 13.2. The molecule has 2 fully saturated rings. The van der Waals surface area contributed by atoms with Crippen LogP contribution < -0.4 is 5.73 Å². The SMILES string of the molecule is CC1CC(C)N(C(=O)c2cc(S(=O)(=O)N3CCCCC3)cn2C)CC1CN. The summed E-state index contributed by atoms with van der Waals surface area (Å²) in [6.07, 6.45) is 5.33. The van der Waals surface area contributed by atoms with Crippen LogP contribution in [0.25, 0.3) is 0 Å². The van der Waals surface area contributed by atoms with Crippen molar-refractivity contribution >= 4 is 15.9 Å². The van der Waals surface area contributed by atoms with Crippen LogP contribution >= 0.6 is 0 Å². The molecule has 2 aliphatic rings. The van der Waals surface area contributed by atoms with Crippen LogP contribution in [0.4, 0.5) is 0 Å². The van der Waals surface area contributed by atoms with Crippen LogP contribution in [0.15, 0.2) is 17.2 Å². The summed E-state index contributed by atoms with van der Waals surface area (Å²) in [6, 6.07) is 1.65. The lowest BCUT2D eigenvalue weighted by atomic mass is 9.83. The van der Waals surface area contributed by atoms with Crippen molar-refractivity contribution in [1.29, 1.82) is 0 Å². The predicted molar refractivity (Wildman–Crippen MR) is 105 cm³/mol. The van der Waals surface area contributed by atoms with Gasteiger partial charge in [-0.3, -0.25) is 4.79 Å². The Kier molecular flexibility index (Phi) is 5.98. The van der Waals surface area contributed by atoms with Gasteiger partial charge < -0.3 is 15.2 Å². The highest BCUT2D eigenvalue weighted by atomic mass is 32.2. The Labute approximate surface area is 162 Å². The maximum atomic E-state index is 13.2. The van der Waals surface area contributed by atoms with Crippen molar-refractivity contribution in [3.8, 4) is 0 Å². The average Bonchev–Trinajstić information content (AvgIpc) is 3.04. The molecule has 3 heterocycles. The van der Waals surface area contributed by atoms with Crippen LogP contribution in [0, 0.1) is 11.8 Å². The number of hydrogen-bond acceptors (Lipinski definition) is 4. The first-order valence-electron chi connectivity index (χ1n) is 9.93. The molecular weight excluding hydrogens is 364 g/mol. The molecule has 27 heavy (non-hydrogen) atoms. The number of piperidine rings is 2. The summed E-state index contributed by atoms with van der Waals surface area (Å²) in [5.41, 5.74) is 6.31. The van der Waals surface area contributed by atoms with Crippen molar-refractivity contribution in [3.63, 3.8) is 0 Å². The van der Waals surface area contributed by atoms with E-state index < -0.39 is 10.0 Å². The van der Waals surface area contributed by atoms with Gasteiger partial charge >= 0.3 is 0 Å². The van der Waals surface area contributed by atoms with Gasteiger partial charge in [-0.2, -0.15) is 4.31 Å². The molecule has 3 unspecified atom stereocenters. The van der Waals surface area contributed by atoms with E-state index in [2.05, 4.69) is 13.8 Å². The van der Waals surface area contributed by atoms with Crippen molar-refractivity contribution in [1.82, 2.24) is 13.8 Å². The molecule has 1 amide bonds. The number of hydrogen-bond donors (Lipinski definition) is 1. The zero-order chi connectivity index (χ0) is 19.8. The standard InChI is InChI=1S/C19H32N4O3S/c1-14-9-15(2)23(12-16(14)11-20)19(24)18-10-17(13-21(18)3)27(25,26)22-7-5-4-6-8-22/h10,13-16H,4-9,11-12,20H2,1-3H3. The van der Waals surface area contributed by atoms with Crippen LogP contribution in [0.5, 0.6) is 0 Å². The number of likely N-dealkylation sites (tertiary alicyclic amines) is 1. The summed E-state index contributed by atoms with van der Waals surface area (Å²) in [4.78, 5) is 15.2. The van der Waals surface area contributed by atoms with Gasteiger partial charge in [-0.05, 0) is 50.6 Å². The number of sulfonamides is 1. The fourth-order valence-corrected chi connectivity index (χ4v) is 5.94. The van der Waals surface area contributed by atoms with Crippen LogP contribution in [0.3, 0.4) is 0 Å². The maximum Gasteiger partial charge on any atom is 0.270 e. The molecule has 7 nitrogen and oxygen atoms in total. The number of amides is 1. The quantitative estimate of drug-likeness (QED) is 0.838. The fourth-order valence-electron chi connectivity index (χ4n) is 4.35. The van der Waals surface area contributed by atoms with E-state index in [0.717, 1.165) is 25.7 Å². The highest BCUT2D eigenvalue weighted by molar-refractivity contribution is 7.89. The van der Waals surface area contributed by atoms with E-state index in [1.54, 1.807) is 17.8 Å². The molecule has 0 bridgehead atoms. The van der Waals surface area contributed by atoms with Gasteiger partial charge in [0.1, 0.15) is 10.6 Å². The molecule has 0 aliphatic carbocycles. The Balaban J connectivity index is 1.84. The van der Waals surface area contributed by atoms with Gasteiger partial charge in [-0.1, -0.05) is 13.3 Å². The molecule has 0 saturated carbocycles. The molecule has 152 valence electrons. The monoisotopic (exact) mass is 396 g/mol. The summed E-state index contributed by atoms with van der Waals surface area (Å²) in [6.45, 7) is 6.52. The second kappa shape index (κ2) is 7.93. The summed E-state index contributed by atoms with van der Waals surface area (Å²) in [5.74, 6) is 0.648. The van der Waals surface area contributed by atoms with Crippen molar-refractivity contribution in [3.05, 3.63) is 18.0 Å². The number of rotatable bonds is 4. The third-order valence-corrected chi connectivity index (χ3v) is 8.06. The highest BCUT2D eigenvalue weighted by Gasteiger charge is 2.35. The topological polar surface area (TPSA) is 88.6 Å². The lowest BCUT2D eigenvalue weighted by molar-refractivity contribution is 0.0460. The fraction of sp³-hybridized carbons (Fsp3) is 0.737. The average molecular weight is 397 g/mol. The van der Waals surface area contributed by atoms with E-state index in [4.69, 9.17) is 5.73 Å². The first kappa shape index (κ1) is 20.4. The summed E-state index contributed by atoms with van der Waals surface area (Å²) in [5, 5.41) is 0. The molecule has 0 radical (unpaired) electrons. The Hall–Kier alpha value is -1.38. The van der Waals surface area contributed by atoms with Gasteiger partial charge in [0, 0.05) is 38.9 Å². The van der Waals surface area contributed by atoms with E-state index in [1.807, 2.05) is 4.90 Å². The molecule has 1 aromatic rings. The molecule has 3 rings (SSSR count). The van der Waals surface area contributed by atoms with Gasteiger partial charge in [0.05, 0.1) is 0 Å². The van der Waals surface area contributed by atoms with E-state index in [0.29, 0.717) is 37.8 Å². The van der Waals surface area contributed by atoms with Crippen LogP contribution in [0.1, 0.15) is 50.0 Å². The van der Waals surface area contributed by atoms with Crippen molar-refractivity contribution in [2.24, 2.45) is 24.6 Å². The van der Waals surface area contributed by atoms with Crippen LogP contribution in [-0.4, -0.2) is 60.3 Å². The first-order valence-corrected chi connectivity index (χ1v) is 11.4. The third kappa shape index (κ3) is 3.93. The number of carbonyl (C=O) groups is 1. The molecule has 1 aromatic heterocycles. The number of nitrogens with zero attached hydrogens (tertiary/aromatic N) is 3. The van der Waals surface area contributed by atoms with Crippen molar-refractivity contribution in [2.75, 3.05) is 26.2 Å². The summed E-state index contributed by atoms with van der Waals surface area (Å²) < 4.78 is 29.0. The van der Waals surface area contributed by atoms with E-state index >= 15 is 0 Å². The van der Waals surface area contributed by atoms with Gasteiger partial charge in [-0.25, -0.2) is 8.42 Å². The molecule has 2 aliphatic heterocycles. The minimum Gasteiger partial charge on any atom is -0.345 e. The zero-order valence-electron chi connectivity index (χ0n) is 16.6. The Morgan fingerprint density at radius 3 is 2.52 bits per heavy atom. The van der Waals surface area contributed by atoms with Crippen LogP contribution in [0.2, 0.25) is 0 Å². The Bertz CT molecular complexity index is 783. The second-order valence-electron chi connectivity index (χ2n) is 8.15. The first-order chi connectivity index (χ1) is 12.8. The van der Waals surface area contributed by atoms with Gasteiger partial charge in [0.15, 0.2) is 0 Å². The van der Waals surface area contributed by atoms with Gasteiger partial charge in [0.2, 0.25) is 10.0 Å². The third-order valence-electron chi connectivity index (χ3n) is 6.20. The zero-order valence-corrected chi connectivity index (χ0v) is 17.4. The summed E-state index contributed by atoms with van der Waals surface area (Å²) in [7, 11) is -1.81. The van der Waals surface area contributed by atoms with E-state index in [1.165, 1.54) is 10.4 Å². The normalized spacial score (nSPS) is 27.7. The molecular formula is C19H32N4O3S. The van der Waals surface area contributed by atoms with Gasteiger partial charge in [0.25, 0.3) is 5.91 Å². The summed E-state index contributed by atoms with van der Waals surface area (Å²) >= 11 is 0. The second-order valence-corrected chi connectivity index (χ2v) is 10.1. The number of nitrogens with two attached hydrogens (primary N) is 1. The molecule has 0 aromatic carbocycles. The number of aromatic nitrogens is 1. The lowest BCUT2D eigenvalue weighted by Crippen LogP contribution is -2.50. The highest BCUT2D eigenvalue weighted by Crippen LogP contribution is 2.29. The van der Waals surface area contributed by atoms with Crippen molar-refractivity contribution in [2.45, 2.75) is 50.5 Å². The predicted octanol–water partition coefficient (Wildman–Crippen LogP) is 1.65. The van der Waals surface area contributed by atoms with Crippen molar-refractivity contribution < 1.29 is 13.2 Å². The number of aryl methyl sites for hydroxylation is 1. The van der Waals surface area contributed by atoms with Gasteiger partial charge in [-0.15, -0.1) is 0 Å². The Morgan fingerprint density at radius 2 is 1.89 bits per heavy atom. The van der Waals surface area contributed by atoms with Crippen LogP contribution in [-0.2, 0) is 17.1 Å². The molecule has 2 saturated heterocycles.